The summed E-state index contributed by atoms with van der Waals surface area (Å²) in [4.78, 5) is 11.8. The molecule has 0 aliphatic carbocycles. The molecule has 7 nitrogen and oxygen atoms in total. The largest absolute Gasteiger partial charge is 0.353 e. The first-order valence-electron chi connectivity index (χ1n) is 6.82. The molecular weight excluding hydrogens is 268 g/mol. The molecule has 0 aromatic heterocycles. The summed E-state index contributed by atoms with van der Waals surface area (Å²) in [5, 5.41) is 5.91. The van der Waals surface area contributed by atoms with Gasteiger partial charge in [0.1, 0.15) is 6.04 Å². The normalized spacial score (nSPS) is 27.8. The minimum absolute atomic E-state index is 0.190. The SMILES string of the molecule is CCC1C(=O)NCCN1S(=O)(=O)N1CCCNCC1. The quantitative estimate of drug-likeness (QED) is 0.679. The second-order valence-electron chi connectivity index (χ2n) is 4.84. The molecule has 1 amide bonds. The van der Waals surface area contributed by atoms with E-state index < -0.39 is 16.3 Å². The Kier molecular flexibility index (Phi) is 4.77. The van der Waals surface area contributed by atoms with E-state index in [2.05, 4.69) is 10.6 Å². The van der Waals surface area contributed by atoms with E-state index in [-0.39, 0.29) is 5.91 Å². The lowest BCUT2D eigenvalue weighted by Crippen LogP contribution is -2.60. The zero-order valence-electron chi connectivity index (χ0n) is 11.3. The van der Waals surface area contributed by atoms with Crippen molar-refractivity contribution >= 4 is 16.1 Å². The molecule has 19 heavy (non-hydrogen) atoms. The minimum Gasteiger partial charge on any atom is -0.353 e. The van der Waals surface area contributed by atoms with Crippen LogP contribution in [-0.4, -0.2) is 68.2 Å². The molecule has 0 saturated carbocycles. The Balaban J connectivity index is 2.18. The van der Waals surface area contributed by atoms with E-state index in [1.54, 1.807) is 0 Å². The molecule has 1 unspecified atom stereocenters. The van der Waals surface area contributed by atoms with E-state index in [0.717, 1.165) is 13.0 Å². The highest BCUT2D eigenvalue weighted by Gasteiger charge is 2.39. The zero-order chi connectivity index (χ0) is 13.9. The summed E-state index contributed by atoms with van der Waals surface area (Å²) in [6.45, 7) is 5.07. The van der Waals surface area contributed by atoms with Gasteiger partial charge in [-0.1, -0.05) is 6.92 Å². The van der Waals surface area contributed by atoms with Gasteiger partial charge in [0.15, 0.2) is 0 Å². The number of rotatable bonds is 3. The van der Waals surface area contributed by atoms with Gasteiger partial charge in [0.05, 0.1) is 0 Å². The van der Waals surface area contributed by atoms with Crippen molar-refractivity contribution in [1.29, 1.82) is 0 Å². The fraction of sp³-hybridized carbons (Fsp3) is 0.909. The Bertz CT molecular complexity index is 418. The topological polar surface area (TPSA) is 81.8 Å². The average Bonchev–Trinajstić information content (AvgIpc) is 2.67. The van der Waals surface area contributed by atoms with Crippen LogP contribution in [0.25, 0.3) is 0 Å². The van der Waals surface area contributed by atoms with E-state index in [4.69, 9.17) is 0 Å². The second-order valence-corrected chi connectivity index (χ2v) is 6.72. The molecule has 2 heterocycles. The second kappa shape index (κ2) is 6.17. The lowest BCUT2D eigenvalue weighted by molar-refractivity contribution is -0.126. The lowest BCUT2D eigenvalue weighted by Gasteiger charge is -2.36. The number of piperazine rings is 1. The van der Waals surface area contributed by atoms with E-state index in [1.165, 1.54) is 8.61 Å². The van der Waals surface area contributed by atoms with Crippen molar-refractivity contribution in [3.63, 3.8) is 0 Å². The Hall–Kier alpha value is -0.700. The van der Waals surface area contributed by atoms with Gasteiger partial charge in [-0.25, -0.2) is 0 Å². The third kappa shape index (κ3) is 3.07. The molecule has 8 heteroatoms. The van der Waals surface area contributed by atoms with Crippen molar-refractivity contribution in [2.45, 2.75) is 25.8 Å². The highest BCUT2D eigenvalue weighted by Crippen LogP contribution is 2.18. The minimum atomic E-state index is -3.54. The zero-order valence-corrected chi connectivity index (χ0v) is 12.1. The van der Waals surface area contributed by atoms with Crippen LogP contribution < -0.4 is 10.6 Å². The van der Waals surface area contributed by atoms with Crippen molar-refractivity contribution in [3.8, 4) is 0 Å². The number of carbonyl (C=O) groups excluding carboxylic acids is 1. The molecule has 0 aromatic rings. The predicted molar refractivity (Wildman–Crippen MR) is 71.8 cm³/mol. The molecule has 2 rings (SSSR count). The molecule has 2 saturated heterocycles. The Labute approximate surface area is 114 Å². The van der Waals surface area contributed by atoms with Crippen molar-refractivity contribution < 1.29 is 13.2 Å². The van der Waals surface area contributed by atoms with Gasteiger partial charge in [0.25, 0.3) is 10.2 Å². The monoisotopic (exact) mass is 290 g/mol. The van der Waals surface area contributed by atoms with Crippen LogP contribution in [0.3, 0.4) is 0 Å². The summed E-state index contributed by atoms with van der Waals surface area (Å²) in [5.41, 5.74) is 0. The lowest BCUT2D eigenvalue weighted by atomic mass is 10.2. The number of nitrogens with zero attached hydrogens (tertiary/aromatic N) is 2. The van der Waals surface area contributed by atoms with Crippen LogP contribution in [0.5, 0.6) is 0 Å². The molecule has 2 aliphatic heterocycles. The Morgan fingerprint density at radius 2 is 2.00 bits per heavy atom. The number of carbonyl (C=O) groups is 1. The number of nitrogens with one attached hydrogen (secondary N) is 2. The molecule has 1 atom stereocenters. The maximum Gasteiger partial charge on any atom is 0.282 e. The molecule has 2 N–H and O–H groups in total. The molecule has 0 spiro atoms. The molecule has 0 bridgehead atoms. The standard InChI is InChI=1S/C11H22N4O3S/c1-2-10-11(16)13-6-9-15(10)19(17,18)14-7-3-4-12-5-8-14/h10,12H,2-9H2,1H3,(H,13,16). The van der Waals surface area contributed by atoms with Crippen LogP contribution in [0.2, 0.25) is 0 Å². The van der Waals surface area contributed by atoms with Crippen molar-refractivity contribution in [1.82, 2.24) is 19.2 Å². The van der Waals surface area contributed by atoms with Crippen molar-refractivity contribution in [2.75, 3.05) is 39.3 Å². The smallest absolute Gasteiger partial charge is 0.282 e. The van der Waals surface area contributed by atoms with Gasteiger partial charge in [-0.05, 0) is 19.4 Å². The number of hydrogen-bond acceptors (Lipinski definition) is 4. The maximum atomic E-state index is 12.7. The molecule has 2 fully saturated rings. The first kappa shape index (κ1) is 14.7. The van der Waals surface area contributed by atoms with Crippen LogP contribution in [-0.2, 0) is 15.0 Å². The van der Waals surface area contributed by atoms with Gasteiger partial charge in [-0.2, -0.15) is 17.0 Å². The van der Waals surface area contributed by atoms with Crippen LogP contribution in [0.1, 0.15) is 19.8 Å². The fourth-order valence-electron chi connectivity index (χ4n) is 2.56. The third-order valence-electron chi connectivity index (χ3n) is 3.59. The van der Waals surface area contributed by atoms with Crippen LogP contribution >= 0.6 is 0 Å². The van der Waals surface area contributed by atoms with Gasteiger partial charge in [0, 0.05) is 32.7 Å². The van der Waals surface area contributed by atoms with E-state index in [9.17, 15) is 13.2 Å². The van der Waals surface area contributed by atoms with Crippen LogP contribution in [0.4, 0.5) is 0 Å². The van der Waals surface area contributed by atoms with E-state index >= 15 is 0 Å². The summed E-state index contributed by atoms with van der Waals surface area (Å²) < 4.78 is 28.2. The maximum absolute atomic E-state index is 12.7. The summed E-state index contributed by atoms with van der Waals surface area (Å²) in [5.74, 6) is -0.190. The summed E-state index contributed by atoms with van der Waals surface area (Å²) in [7, 11) is -3.54. The Morgan fingerprint density at radius 1 is 1.21 bits per heavy atom. The molecule has 110 valence electrons. The van der Waals surface area contributed by atoms with Gasteiger partial charge in [-0.15, -0.1) is 0 Å². The highest BCUT2D eigenvalue weighted by atomic mass is 32.2. The van der Waals surface area contributed by atoms with Crippen LogP contribution in [0, 0.1) is 0 Å². The summed E-state index contributed by atoms with van der Waals surface area (Å²) >= 11 is 0. The molecular formula is C11H22N4O3S. The average molecular weight is 290 g/mol. The van der Waals surface area contributed by atoms with Crippen molar-refractivity contribution in [2.24, 2.45) is 0 Å². The number of hydrogen-bond donors (Lipinski definition) is 2. The van der Waals surface area contributed by atoms with Gasteiger partial charge in [-0.3, -0.25) is 4.79 Å². The van der Waals surface area contributed by atoms with Crippen LogP contribution in [0.15, 0.2) is 0 Å². The van der Waals surface area contributed by atoms with Gasteiger partial charge < -0.3 is 10.6 Å². The fourth-order valence-corrected chi connectivity index (χ4v) is 4.43. The first-order chi connectivity index (χ1) is 9.07. The summed E-state index contributed by atoms with van der Waals surface area (Å²) in [6.07, 6.45) is 1.30. The molecule has 2 aliphatic rings. The van der Waals surface area contributed by atoms with Crippen molar-refractivity contribution in [3.05, 3.63) is 0 Å². The summed E-state index contributed by atoms with van der Waals surface area (Å²) in [6, 6.07) is -0.574. The predicted octanol–water partition coefficient (Wildman–Crippen LogP) is -1.26. The first-order valence-corrected chi connectivity index (χ1v) is 8.22. The van der Waals surface area contributed by atoms with E-state index in [0.29, 0.717) is 39.1 Å². The number of amides is 1. The van der Waals surface area contributed by atoms with Gasteiger partial charge >= 0.3 is 0 Å². The van der Waals surface area contributed by atoms with E-state index in [1.807, 2.05) is 6.92 Å². The molecule has 0 aromatic carbocycles. The third-order valence-corrected chi connectivity index (χ3v) is 5.64. The van der Waals surface area contributed by atoms with Gasteiger partial charge in [0.2, 0.25) is 5.91 Å². The molecule has 0 radical (unpaired) electrons. The Morgan fingerprint density at radius 3 is 2.74 bits per heavy atom. The highest BCUT2D eigenvalue weighted by molar-refractivity contribution is 7.86.